The van der Waals surface area contributed by atoms with Crippen LogP contribution in [0, 0.1) is 6.92 Å². The molecule has 134 valence electrons. The van der Waals surface area contributed by atoms with Crippen molar-refractivity contribution in [2.75, 3.05) is 12.1 Å². The highest BCUT2D eigenvalue weighted by Crippen LogP contribution is 2.34. The largest absolute Gasteiger partial charge is 0.454 e. The van der Waals surface area contributed by atoms with E-state index in [0.717, 1.165) is 40.5 Å². The molecule has 0 unspecified atom stereocenters. The van der Waals surface area contributed by atoms with Gasteiger partial charge in [-0.15, -0.1) is 22.7 Å². The first kappa shape index (κ1) is 17.1. The molecule has 3 aromatic rings. The Morgan fingerprint density at radius 2 is 2.15 bits per heavy atom. The van der Waals surface area contributed by atoms with Gasteiger partial charge < -0.3 is 14.8 Å². The van der Waals surface area contributed by atoms with Crippen LogP contribution in [0.15, 0.2) is 35.7 Å². The molecule has 26 heavy (non-hydrogen) atoms. The third kappa shape index (κ3) is 3.89. The van der Waals surface area contributed by atoms with Gasteiger partial charge in [-0.25, -0.2) is 4.98 Å². The van der Waals surface area contributed by atoms with Gasteiger partial charge in [-0.3, -0.25) is 4.79 Å². The molecule has 0 radical (unpaired) electrons. The maximum atomic E-state index is 12.1. The quantitative estimate of drug-likeness (QED) is 0.682. The second kappa shape index (κ2) is 7.47. The van der Waals surface area contributed by atoms with Crippen molar-refractivity contribution in [1.29, 1.82) is 0 Å². The summed E-state index contributed by atoms with van der Waals surface area (Å²) in [4.78, 5) is 19.0. The number of carbonyl (C=O) groups is 1. The van der Waals surface area contributed by atoms with Gasteiger partial charge in [0.2, 0.25) is 12.7 Å². The van der Waals surface area contributed by atoms with E-state index in [1.807, 2.05) is 36.6 Å². The van der Waals surface area contributed by atoms with Crippen LogP contribution in [0.5, 0.6) is 11.5 Å². The summed E-state index contributed by atoms with van der Waals surface area (Å²) in [5, 5.41) is 5.61. The summed E-state index contributed by atoms with van der Waals surface area (Å²) in [5.41, 5.74) is 2.08. The van der Waals surface area contributed by atoms with E-state index in [0.29, 0.717) is 11.6 Å². The summed E-state index contributed by atoms with van der Waals surface area (Å²) in [6.45, 7) is 2.25. The second-order valence-corrected chi connectivity index (χ2v) is 8.14. The van der Waals surface area contributed by atoms with E-state index >= 15 is 0 Å². The van der Waals surface area contributed by atoms with Crippen LogP contribution in [-0.4, -0.2) is 17.7 Å². The average Bonchev–Trinajstić information content (AvgIpc) is 3.35. The minimum atomic E-state index is 0.00165. The Morgan fingerprint density at radius 3 is 3.00 bits per heavy atom. The van der Waals surface area contributed by atoms with Crippen LogP contribution in [0.25, 0.3) is 0 Å². The van der Waals surface area contributed by atoms with Crippen molar-refractivity contribution in [3.8, 4) is 11.5 Å². The number of benzene rings is 1. The lowest BCUT2D eigenvalue weighted by atomic mass is 10.1. The highest BCUT2D eigenvalue weighted by molar-refractivity contribution is 7.15. The maximum absolute atomic E-state index is 12.1. The summed E-state index contributed by atoms with van der Waals surface area (Å²) in [6.07, 6.45) is 1.99. The van der Waals surface area contributed by atoms with Crippen LogP contribution < -0.4 is 14.8 Å². The molecule has 3 heterocycles. The van der Waals surface area contributed by atoms with Crippen LogP contribution >= 0.6 is 22.7 Å². The molecule has 0 saturated heterocycles. The molecule has 0 aliphatic carbocycles. The molecule has 0 bridgehead atoms. The first-order valence-corrected chi connectivity index (χ1v) is 10.0. The van der Waals surface area contributed by atoms with Crippen molar-refractivity contribution in [2.45, 2.75) is 26.2 Å². The number of aryl methyl sites for hydroxylation is 2. The number of aromatic nitrogens is 1. The predicted molar refractivity (Wildman–Crippen MR) is 103 cm³/mol. The maximum Gasteiger partial charge on any atom is 0.231 e. The van der Waals surface area contributed by atoms with Crippen molar-refractivity contribution < 1.29 is 14.3 Å². The molecule has 1 amide bonds. The lowest BCUT2D eigenvalue weighted by molar-refractivity contribution is -0.116. The number of anilines is 1. The van der Waals surface area contributed by atoms with Gasteiger partial charge in [0.25, 0.3) is 0 Å². The molecule has 0 spiro atoms. The highest BCUT2D eigenvalue weighted by Gasteiger charge is 2.15. The van der Waals surface area contributed by atoms with Crippen molar-refractivity contribution >= 4 is 33.7 Å². The standard InChI is InChI=1S/C19H18N2O3S2/c1-12-17(10-13-4-6-15-16(9-13)24-11-23-15)26-19(20-12)21-18(22)7-5-14-3-2-8-25-14/h2-4,6,8-9H,5,7,10-11H2,1H3,(H,20,21,22). The van der Waals surface area contributed by atoms with Gasteiger partial charge >= 0.3 is 0 Å². The first-order valence-electron chi connectivity index (χ1n) is 8.34. The van der Waals surface area contributed by atoms with E-state index in [4.69, 9.17) is 9.47 Å². The monoisotopic (exact) mass is 386 g/mol. The van der Waals surface area contributed by atoms with Gasteiger partial charge in [0.15, 0.2) is 16.6 Å². The number of thiazole rings is 1. The Hall–Kier alpha value is -2.38. The van der Waals surface area contributed by atoms with Crippen LogP contribution in [0.2, 0.25) is 0 Å². The van der Waals surface area contributed by atoms with E-state index in [2.05, 4.69) is 16.4 Å². The lowest BCUT2D eigenvalue weighted by Gasteiger charge is -2.02. The smallest absolute Gasteiger partial charge is 0.231 e. The van der Waals surface area contributed by atoms with Gasteiger partial charge in [0.05, 0.1) is 5.69 Å². The normalized spacial score (nSPS) is 12.3. The molecule has 7 heteroatoms. The number of thiophene rings is 1. The van der Waals surface area contributed by atoms with Gasteiger partial charge in [0, 0.05) is 22.6 Å². The Bertz CT molecular complexity index is 919. The Balaban J connectivity index is 1.38. The number of amides is 1. The molecular formula is C19H18N2O3S2. The van der Waals surface area contributed by atoms with E-state index in [9.17, 15) is 4.79 Å². The molecule has 1 aromatic carbocycles. The molecule has 1 N–H and O–H groups in total. The number of carbonyl (C=O) groups excluding carboxylic acids is 1. The van der Waals surface area contributed by atoms with Gasteiger partial charge in [-0.05, 0) is 42.5 Å². The van der Waals surface area contributed by atoms with Crippen molar-refractivity contribution in [3.63, 3.8) is 0 Å². The van der Waals surface area contributed by atoms with Crippen molar-refractivity contribution in [3.05, 3.63) is 56.7 Å². The number of hydrogen-bond donors (Lipinski definition) is 1. The fourth-order valence-corrected chi connectivity index (χ4v) is 4.48. The van der Waals surface area contributed by atoms with Crippen LogP contribution in [0.3, 0.4) is 0 Å². The van der Waals surface area contributed by atoms with E-state index in [1.165, 1.54) is 16.2 Å². The summed E-state index contributed by atoms with van der Waals surface area (Å²) < 4.78 is 10.8. The van der Waals surface area contributed by atoms with E-state index in [-0.39, 0.29) is 12.7 Å². The molecule has 0 atom stereocenters. The van der Waals surface area contributed by atoms with Crippen molar-refractivity contribution in [2.24, 2.45) is 0 Å². The number of rotatable bonds is 6. The van der Waals surface area contributed by atoms with Crippen LogP contribution in [0.4, 0.5) is 5.13 Å². The Morgan fingerprint density at radius 1 is 1.27 bits per heavy atom. The average molecular weight is 386 g/mol. The predicted octanol–water partition coefficient (Wildman–Crippen LogP) is 4.40. The second-order valence-electron chi connectivity index (χ2n) is 6.02. The molecule has 4 rings (SSSR count). The summed E-state index contributed by atoms with van der Waals surface area (Å²) in [6, 6.07) is 10.0. The minimum Gasteiger partial charge on any atom is -0.454 e. The van der Waals surface area contributed by atoms with Gasteiger partial charge in [0.1, 0.15) is 0 Å². The summed E-state index contributed by atoms with van der Waals surface area (Å²) in [7, 11) is 0. The number of fused-ring (bicyclic) bond motifs is 1. The van der Waals surface area contributed by atoms with Crippen LogP contribution in [-0.2, 0) is 17.6 Å². The third-order valence-electron chi connectivity index (χ3n) is 4.12. The SMILES string of the molecule is Cc1nc(NC(=O)CCc2cccs2)sc1Cc1ccc2c(c1)OCO2. The highest BCUT2D eigenvalue weighted by atomic mass is 32.1. The summed E-state index contributed by atoms with van der Waals surface area (Å²) >= 11 is 3.20. The topological polar surface area (TPSA) is 60.5 Å². The zero-order valence-corrected chi connectivity index (χ0v) is 15.9. The summed E-state index contributed by atoms with van der Waals surface area (Å²) in [5.74, 6) is 1.57. The third-order valence-corrected chi connectivity index (χ3v) is 6.13. The zero-order chi connectivity index (χ0) is 17.9. The fraction of sp³-hybridized carbons (Fsp3) is 0.263. The first-order chi connectivity index (χ1) is 12.7. The van der Waals surface area contributed by atoms with Crippen LogP contribution in [0.1, 0.15) is 27.4 Å². The van der Waals surface area contributed by atoms with Crippen molar-refractivity contribution in [1.82, 2.24) is 4.98 Å². The Labute approximate surface area is 159 Å². The Kier molecular flexibility index (Phi) is 4.90. The molecule has 2 aromatic heterocycles. The van der Waals surface area contributed by atoms with Gasteiger partial charge in [-0.2, -0.15) is 0 Å². The molecular weight excluding hydrogens is 368 g/mol. The fourth-order valence-electron chi connectivity index (χ4n) is 2.76. The molecule has 5 nitrogen and oxygen atoms in total. The van der Waals surface area contributed by atoms with Gasteiger partial charge in [-0.1, -0.05) is 12.1 Å². The number of ether oxygens (including phenoxy) is 2. The molecule has 1 aliphatic heterocycles. The van der Waals surface area contributed by atoms with E-state index in [1.54, 1.807) is 11.3 Å². The minimum absolute atomic E-state index is 0.00165. The number of hydrogen-bond acceptors (Lipinski definition) is 6. The van der Waals surface area contributed by atoms with E-state index < -0.39 is 0 Å². The zero-order valence-electron chi connectivity index (χ0n) is 14.3. The molecule has 0 saturated carbocycles. The number of nitrogens with one attached hydrogen (secondary N) is 1. The molecule has 0 fully saturated rings. The molecule has 1 aliphatic rings. The number of nitrogens with zero attached hydrogens (tertiary/aromatic N) is 1. The lowest BCUT2D eigenvalue weighted by Crippen LogP contribution is -2.11.